The van der Waals surface area contributed by atoms with Crippen LogP contribution in [0.5, 0.6) is 0 Å². The third-order valence-electron chi connectivity index (χ3n) is 5.18. The van der Waals surface area contributed by atoms with Gasteiger partial charge < -0.3 is 0 Å². The van der Waals surface area contributed by atoms with E-state index in [1.165, 1.54) is 44.5 Å². The molecule has 116 valence electrons. The maximum absolute atomic E-state index is 8.87. The summed E-state index contributed by atoms with van der Waals surface area (Å²) in [5, 5.41) is 8.87. The fourth-order valence-electron chi connectivity index (χ4n) is 3.57. The van der Waals surface area contributed by atoms with Gasteiger partial charge in [-0.05, 0) is 94.3 Å². The summed E-state index contributed by atoms with van der Waals surface area (Å²) in [6.45, 7) is 17.2. The molecule has 2 rings (SSSR count). The first kappa shape index (κ1) is 16.5. The Hall–Kier alpha value is -1.89. The van der Waals surface area contributed by atoms with Crippen LogP contribution < -0.4 is 0 Å². The third kappa shape index (κ3) is 2.49. The number of hydrogen-bond acceptors (Lipinski definition) is 1. The fraction of sp³-hybridized carbons (Fsp3) is 0.381. The lowest BCUT2D eigenvalue weighted by Crippen LogP contribution is -2.13. The molecular formula is C21H27N. The number of hydrogen-bond donors (Lipinski definition) is 1. The topological polar surface area (TPSA) is 23.9 Å². The molecule has 0 fully saturated rings. The zero-order chi connectivity index (χ0) is 16.8. The summed E-state index contributed by atoms with van der Waals surface area (Å²) in [6.07, 6.45) is 0. The normalized spacial score (nSPS) is 10.9. The van der Waals surface area contributed by atoms with Gasteiger partial charge in [-0.25, -0.2) is 0 Å². The van der Waals surface area contributed by atoms with E-state index in [1.807, 2.05) is 0 Å². The van der Waals surface area contributed by atoms with Crippen LogP contribution in [-0.4, -0.2) is 5.71 Å². The van der Waals surface area contributed by atoms with Gasteiger partial charge in [0.15, 0.2) is 0 Å². The summed E-state index contributed by atoms with van der Waals surface area (Å²) < 4.78 is 0. The van der Waals surface area contributed by atoms with Crippen LogP contribution in [0.3, 0.4) is 0 Å². The molecule has 0 aliphatic rings. The summed E-state index contributed by atoms with van der Waals surface area (Å²) >= 11 is 0. The standard InChI is InChI=1S/C21H27N/c1-11-9-12(2)19(13(3)10-11)21(22)20-17(7)15(5)14(4)16(6)18(20)8/h9-10,22H,1-8H3. The highest BCUT2D eigenvalue weighted by Crippen LogP contribution is 2.29. The van der Waals surface area contributed by atoms with Gasteiger partial charge >= 0.3 is 0 Å². The van der Waals surface area contributed by atoms with E-state index in [1.54, 1.807) is 0 Å². The molecule has 0 atom stereocenters. The van der Waals surface area contributed by atoms with Gasteiger partial charge in [0, 0.05) is 11.1 Å². The highest BCUT2D eigenvalue weighted by atomic mass is 14.4. The third-order valence-corrected chi connectivity index (χ3v) is 5.18. The highest BCUT2D eigenvalue weighted by molar-refractivity contribution is 6.14. The van der Waals surface area contributed by atoms with Crippen molar-refractivity contribution >= 4 is 5.71 Å². The molecule has 1 nitrogen and oxygen atoms in total. The van der Waals surface area contributed by atoms with Crippen molar-refractivity contribution < 1.29 is 0 Å². The molecule has 0 aliphatic heterocycles. The van der Waals surface area contributed by atoms with Crippen LogP contribution in [0.15, 0.2) is 12.1 Å². The SMILES string of the molecule is Cc1cc(C)c(C(=N)c2c(C)c(C)c(C)c(C)c2C)c(C)c1. The summed E-state index contributed by atoms with van der Waals surface area (Å²) in [5.41, 5.74) is 13.0. The predicted octanol–water partition coefficient (Wildman–Crippen LogP) is 5.57. The lowest BCUT2D eigenvalue weighted by atomic mass is 9.83. The van der Waals surface area contributed by atoms with E-state index in [9.17, 15) is 0 Å². The number of benzene rings is 2. The molecule has 0 unspecified atom stereocenters. The summed E-state index contributed by atoms with van der Waals surface area (Å²) in [5.74, 6) is 0. The largest absolute Gasteiger partial charge is 0.300 e. The Kier molecular flexibility index (Phi) is 4.28. The monoisotopic (exact) mass is 293 g/mol. The van der Waals surface area contributed by atoms with Crippen LogP contribution >= 0.6 is 0 Å². The summed E-state index contributed by atoms with van der Waals surface area (Å²) in [7, 11) is 0. The molecule has 1 heteroatoms. The average molecular weight is 293 g/mol. The summed E-state index contributed by atoms with van der Waals surface area (Å²) in [4.78, 5) is 0. The zero-order valence-electron chi connectivity index (χ0n) is 15.2. The van der Waals surface area contributed by atoms with Crippen molar-refractivity contribution in [2.24, 2.45) is 0 Å². The second kappa shape index (κ2) is 5.72. The Balaban J connectivity index is 2.76. The van der Waals surface area contributed by atoms with Crippen molar-refractivity contribution in [3.05, 3.63) is 67.8 Å². The molecule has 0 saturated heterocycles. The van der Waals surface area contributed by atoms with Gasteiger partial charge in [-0.1, -0.05) is 17.7 Å². The van der Waals surface area contributed by atoms with Crippen LogP contribution in [0, 0.1) is 60.8 Å². The van der Waals surface area contributed by atoms with Crippen LogP contribution in [0.4, 0.5) is 0 Å². The van der Waals surface area contributed by atoms with Gasteiger partial charge in [0.1, 0.15) is 0 Å². The lowest BCUT2D eigenvalue weighted by molar-refractivity contribution is 1.16. The Labute approximate surface area is 134 Å². The van der Waals surface area contributed by atoms with E-state index in [0.29, 0.717) is 5.71 Å². The van der Waals surface area contributed by atoms with Gasteiger partial charge in [0.25, 0.3) is 0 Å². The predicted molar refractivity (Wildman–Crippen MR) is 96.7 cm³/mol. The number of aryl methyl sites for hydroxylation is 3. The van der Waals surface area contributed by atoms with Crippen molar-refractivity contribution in [2.45, 2.75) is 55.4 Å². The highest BCUT2D eigenvalue weighted by Gasteiger charge is 2.19. The molecule has 2 aromatic carbocycles. The molecule has 0 radical (unpaired) electrons. The average Bonchev–Trinajstić information content (AvgIpc) is 2.42. The smallest absolute Gasteiger partial charge is 0.0695 e. The van der Waals surface area contributed by atoms with E-state index < -0.39 is 0 Å². The van der Waals surface area contributed by atoms with Crippen LogP contribution in [0.1, 0.15) is 55.6 Å². The number of nitrogens with one attached hydrogen (secondary N) is 1. The minimum atomic E-state index is 0.663. The molecule has 0 amide bonds. The first-order valence-electron chi connectivity index (χ1n) is 7.90. The maximum atomic E-state index is 8.87. The van der Waals surface area contributed by atoms with Crippen LogP contribution in [0.25, 0.3) is 0 Å². The van der Waals surface area contributed by atoms with Crippen molar-refractivity contribution in [1.29, 1.82) is 5.41 Å². The van der Waals surface area contributed by atoms with Gasteiger partial charge in [-0.15, -0.1) is 0 Å². The van der Waals surface area contributed by atoms with Crippen LogP contribution in [0.2, 0.25) is 0 Å². The number of rotatable bonds is 2. The maximum Gasteiger partial charge on any atom is 0.0695 e. The van der Waals surface area contributed by atoms with Gasteiger partial charge in [0.2, 0.25) is 0 Å². The van der Waals surface area contributed by atoms with Crippen molar-refractivity contribution in [3.8, 4) is 0 Å². The van der Waals surface area contributed by atoms with E-state index in [-0.39, 0.29) is 0 Å². The van der Waals surface area contributed by atoms with Crippen molar-refractivity contribution in [3.63, 3.8) is 0 Å². The minimum Gasteiger partial charge on any atom is -0.300 e. The fourth-order valence-corrected chi connectivity index (χ4v) is 3.57. The second-order valence-corrected chi connectivity index (χ2v) is 6.65. The molecule has 0 saturated carbocycles. The Morgan fingerprint density at radius 1 is 0.591 bits per heavy atom. The van der Waals surface area contributed by atoms with Crippen molar-refractivity contribution in [2.75, 3.05) is 0 Å². The first-order valence-corrected chi connectivity index (χ1v) is 7.90. The second-order valence-electron chi connectivity index (χ2n) is 6.65. The molecular weight excluding hydrogens is 266 g/mol. The lowest BCUT2D eigenvalue weighted by Gasteiger charge is -2.21. The molecule has 2 aromatic rings. The van der Waals surface area contributed by atoms with Gasteiger partial charge in [-0.2, -0.15) is 0 Å². The molecule has 0 spiro atoms. The summed E-state index contributed by atoms with van der Waals surface area (Å²) in [6, 6.07) is 4.35. The molecule has 0 bridgehead atoms. The molecule has 0 aromatic heterocycles. The minimum absolute atomic E-state index is 0.663. The van der Waals surface area contributed by atoms with Gasteiger partial charge in [-0.3, -0.25) is 5.41 Å². The first-order chi connectivity index (χ1) is 10.2. The molecule has 22 heavy (non-hydrogen) atoms. The van der Waals surface area contributed by atoms with E-state index in [2.05, 4.69) is 67.5 Å². The Morgan fingerprint density at radius 3 is 1.36 bits per heavy atom. The van der Waals surface area contributed by atoms with Crippen molar-refractivity contribution in [1.82, 2.24) is 0 Å². The van der Waals surface area contributed by atoms with E-state index in [0.717, 1.165) is 11.1 Å². The Bertz CT molecular complexity index is 727. The van der Waals surface area contributed by atoms with E-state index >= 15 is 0 Å². The molecule has 0 aliphatic carbocycles. The Morgan fingerprint density at radius 2 is 0.955 bits per heavy atom. The molecule has 0 heterocycles. The van der Waals surface area contributed by atoms with Gasteiger partial charge in [0.05, 0.1) is 5.71 Å². The van der Waals surface area contributed by atoms with Crippen LogP contribution in [-0.2, 0) is 0 Å². The zero-order valence-corrected chi connectivity index (χ0v) is 15.2. The quantitative estimate of drug-likeness (QED) is 0.700. The molecule has 1 N–H and O–H groups in total. The van der Waals surface area contributed by atoms with E-state index in [4.69, 9.17) is 5.41 Å².